The first kappa shape index (κ1) is 13.6. The van der Waals surface area contributed by atoms with Gasteiger partial charge in [-0.25, -0.2) is 4.79 Å². The van der Waals surface area contributed by atoms with E-state index in [1.807, 2.05) is 6.92 Å². The quantitative estimate of drug-likeness (QED) is 0.515. The molecule has 0 rings (SSSR count). The molecule has 0 aliphatic heterocycles. The lowest BCUT2D eigenvalue weighted by molar-refractivity contribution is -0.154. The Balaban J connectivity index is 4.09. The van der Waals surface area contributed by atoms with Crippen LogP contribution in [0.15, 0.2) is 0 Å². The third-order valence-corrected chi connectivity index (χ3v) is 1.72. The number of hydrogen-bond donors (Lipinski definition) is 1. The van der Waals surface area contributed by atoms with E-state index in [4.69, 9.17) is 0 Å². The molecule has 0 aliphatic carbocycles. The smallest absolute Gasteiger partial charge is 0.376 e. The second-order valence-electron chi connectivity index (χ2n) is 3.12. The molecule has 0 heterocycles. The minimum Gasteiger partial charge on any atom is -0.460 e. The van der Waals surface area contributed by atoms with Gasteiger partial charge in [-0.1, -0.05) is 6.92 Å². The van der Waals surface area contributed by atoms with Gasteiger partial charge < -0.3 is 10.1 Å². The van der Waals surface area contributed by atoms with Crippen LogP contribution in [-0.2, 0) is 19.1 Å². The molecule has 0 unspecified atom stereocenters. The van der Waals surface area contributed by atoms with E-state index >= 15 is 0 Å². The minimum absolute atomic E-state index is 0.153. The summed E-state index contributed by atoms with van der Waals surface area (Å²) in [7, 11) is 0. The predicted molar refractivity (Wildman–Crippen MR) is 54.2 cm³/mol. The molecule has 1 amide bonds. The van der Waals surface area contributed by atoms with Crippen molar-refractivity contribution in [3.63, 3.8) is 0 Å². The van der Waals surface area contributed by atoms with Crippen LogP contribution in [0.4, 0.5) is 0 Å². The van der Waals surface area contributed by atoms with Crippen molar-refractivity contribution in [3.8, 4) is 0 Å². The molecule has 0 aromatic rings. The number of amides is 1. The standard InChI is InChI=1S/C10H17NO4/c1-4-6-8(12)11-7(3)9(13)10(14)15-5-2/h7H,4-6H2,1-3H3,(H,11,12)/t7-/m0/s1. The topological polar surface area (TPSA) is 72.5 Å². The number of ketones is 1. The zero-order chi connectivity index (χ0) is 11.8. The maximum absolute atomic E-state index is 11.3. The zero-order valence-corrected chi connectivity index (χ0v) is 9.33. The molecular weight excluding hydrogens is 198 g/mol. The van der Waals surface area contributed by atoms with Crippen LogP contribution in [0.2, 0.25) is 0 Å². The molecule has 0 saturated carbocycles. The Morgan fingerprint density at radius 2 is 1.87 bits per heavy atom. The van der Waals surface area contributed by atoms with Gasteiger partial charge in [0.15, 0.2) is 0 Å². The number of carbonyl (C=O) groups is 3. The lowest BCUT2D eigenvalue weighted by atomic mass is 10.2. The highest BCUT2D eigenvalue weighted by molar-refractivity contribution is 6.35. The zero-order valence-electron chi connectivity index (χ0n) is 9.33. The Labute approximate surface area is 89.2 Å². The molecule has 1 N–H and O–H groups in total. The van der Waals surface area contributed by atoms with Gasteiger partial charge in [0.05, 0.1) is 12.6 Å². The van der Waals surface area contributed by atoms with Crippen molar-refractivity contribution >= 4 is 17.7 Å². The maximum Gasteiger partial charge on any atom is 0.376 e. The highest BCUT2D eigenvalue weighted by Crippen LogP contribution is 1.92. The first-order chi connectivity index (χ1) is 7.02. The van der Waals surface area contributed by atoms with E-state index in [2.05, 4.69) is 10.1 Å². The number of rotatable bonds is 6. The number of nitrogens with one attached hydrogen (secondary N) is 1. The molecule has 5 nitrogen and oxygen atoms in total. The predicted octanol–water partition coefficient (Wildman–Crippen LogP) is 0.423. The molecule has 86 valence electrons. The lowest BCUT2D eigenvalue weighted by Crippen LogP contribution is -2.42. The molecule has 0 aromatic carbocycles. The van der Waals surface area contributed by atoms with Gasteiger partial charge in [0.25, 0.3) is 5.78 Å². The van der Waals surface area contributed by atoms with Crippen molar-refractivity contribution in [2.45, 2.75) is 39.7 Å². The van der Waals surface area contributed by atoms with Gasteiger partial charge in [-0.15, -0.1) is 0 Å². The summed E-state index contributed by atoms with van der Waals surface area (Å²) in [5.74, 6) is -1.86. The molecule has 0 fully saturated rings. The van der Waals surface area contributed by atoms with Crippen LogP contribution >= 0.6 is 0 Å². The summed E-state index contributed by atoms with van der Waals surface area (Å²) >= 11 is 0. The molecule has 0 bridgehead atoms. The van der Waals surface area contributed by atoms with E-state index in [1.165, 1.54) is 6.92 Å². The van der Waals surface area contributed by atoms with Crippen LogP contribution in [0.5, 0.6) is 0 Å². The van der Waals surface area contributed by atoms with Crippen LogP contribution in [0.3, 0.4) is 0 Å². The number of Topliss-reactive ketones (excluding diaryl/α,β-unsaturated/α-hetero) is 1. The Bertz CT molecular complexity index is 250. The molecule has 0 aromatic heterocycles. The molecule has 15 heavy (non-hydrogen) atoms. The van der Waals surface area contributed by atoms with Gasteiger partial charge in [-0.3, -0.25) is 9.59 Å². The second-order valence-corrected chi connectivity index (χ2v) is 3.12. The monoisotopic (exact) mass is 215 g/mol. The fourth-order valence-electron chi connectivity index (χ4n) is 0.985. The SMILES string of the molecule is CCCC(=O)N[C@@H](C)C(=O)C(=O)OCC. The van der Waals surface area contributed by atoms with Crippen molar-refractivity contribution in [1.82, 2.24) is 5.32 Å². The van der Waals surface area contributed by atoms with E-state index < -0.39 is 17.8 Å². The Hall–Kier alpha value is -1.39. The highest BCUT2D eigenvalue weighted by atomic mass is 16.5. The fourth-order valence-corrected chi connectivity index (χ4v) is 0.985. The molecule has 0 radical (unpaired) electrons. The number of carbonyl (C=O) groups excluding carboxylic acids is 3. The summed E-state index contributed by atoms with van der Waals surface area (Å²) in [5, 5.41) is 2.43. The minimum atomic E-state index is -0.901. The molecule has 1 atom stereocenters. The number of esters is 1. The average Bonchev–Trinajstić information content (AvgIpc) is 2.17. The third-order valence-electron chi connectivity index (χ3n) is 1.72. The summed E-state index contributed by atoms with van der Waals surface area (Å²) in [6.07, 6.45) is 1.05. The van der Waals surface area contributed by atoms with Gasteiger partial charge in [-0.2, -0.15) is 0 Å². The Morgan fingerprint density at radius 1 is 1.27 bits per heavy atom. The van der Waals surface area contributed by atoms with E-state index in [0.717, 1.165) is 0 Å². The molecule has 0 spiro atoms. The fraction of sp³-hybridized carbons (Fsp3) is 0.700. The molecule has 0 saturated heterocycles. The highest BCUT2D eigenvalue weighted by Gasteiger charge is 2.23. The summed E-state index contributed by atoms with van der Waals surface area (Å²) in [6, 6.07) is -0.817. The van der Waals surface area contributed by atoms with Crippen LogP contribution in [-0.4, -0.2) is 30.3 Å². The number of hydrogen-bond acceptors (Lipinski definition) is 4. The van der Waals surface area contributed by atoms with Crippen molar-refractivity contribution < 1.29 is 19.1 Å². The van der Waals surface area contributed by atoms with Crippen LogP contribution in [0, 0.1) is 0 Å². The largest absolute Gasteiger partial charge is 0.460 e. The Kier molecular flexibility index (Phi) is 6.33. The van der Waals surface area contributed by atoms with E-state index in [-0.39, 0.29) is 12.5 Å². The molecule has 5 heteroatoms. The van der Waals surface area contributed by atoms with Crippen LogP contribution in [0.25, 0.3) is 0 Å². The lowest BCUT2D eigenvalue weighted by Gasteiger charge is -2.11. The third kappa shape index (κ3) is 5.15. The normalized spacial score (nSPS) is 11.7. The van der Waals surface area contributed by atoms with Crippen LogP contribution < -0.4 is 5.32 Å². The van der Waals surface area contributed by atoms with Gasteiger partial charge in [0, 0.05) is 6.42 Å². The summed E-state index contributed by atoms with van der Waals surface area (Å²) in [5.41, 5.74) is 0. The van der Waals surface area contributed by atoms with E-state index in [9.17, 15) is 14.4 Å². The number of ether oxygens (including phenoxy) is 1. The maximum atomic E-state index is 11.3. The van der Waals surface area contributed by atoms with E-state index in [1.54, 1.807) is 6.92 Å². The van der Waals surface area contributed by atoms with Gasteiger partial charge >= 0.3 is 5.97 Å². The molecule has 0 aliphatic rings. The summed E-state index contributed by atoms with van der Waals surface area (Å²) < 4.78 is 4.53. The van der Waals surface area contributed by atoms with E-state index in [0.29, 0.717) is 12.8 Å². The van der Waals surface area contributed by atoms with Crippen molar-refractivity contribution in [1.29, 1.82) is 0 Å². The average molecular weight is 215 g/mol. The van der Waals surface area contributed by atoms with Gasteiger partial charge in [0.1, 0.15) is 0 Å². The van der Waals surface area contributed by atoms with Crippen molar-refractivity contribution in [3.05, 3.63) is 0 Å². The summed E-state index contributed by atoms with van der Waals surface area (Å²) in [4.78, 5) is 33.4. The first-order valence-electron chi connectivity index (χ1n) is 5.03. The second kappa shape index (κ2) is 6.98. The first-order valence-corrected chi connectivity index (χ1v) is 5.03. The Morgan fingerprint density at radius 3 is 2.33 bits per heavy atom. The summed E-state index contributed by atoms with van der Waals surface area (Å²) in [6.45, 7) is 5.09. The van der Waals surface area contributed by atoms with Crippen LogP contribution in [0.1, 0.15) is 33.6 Å². The van der Waals surface area contributed by atoms with Crippen molar-refractivity contribution in [2.24, 2.45) is 0 Å². The van der Waals surface area contributed by atoms with Gasteiger partial charge in [-0.05, 0) is 20.3 Å². The molecular formula is C10H17NO4. The van der Waals surface area contributed by atoms with Crippen molar-refractivity contribution in [2.75, 3.05) is 6.61 Å². The van der Waals surface area contributed by atoms with Gasteiger partial charge in [0.2, 0.25) is 5.91 Å².